The first-order valence-electron chi connectivity index (χ1n) is 11.4. The van der Waals surface area contributed by atoms with E-state index >= 15 is 0 Å². The summed E-state index contributed by atoms with van der Waals surface area (Å²) in [6.45, 7) is 7.51. The number of pyridine rings is 1. The van der Waals surface area contributed by atoms with E-state index in [4.69, 9.17) is 11.6 Å². The van der Waals surface area contributed by atoms with E-state index in [2.05, 4.69) is 23.0 Å². The molecule has 3 aromatic rings. The molecule has 0 saturated heterocycles. The Morgan fingerprint density at radius 2 is 1.55 bits per heavy atom. The molecule has 0 N–H and O–H groups in total. The van der Waals surface area contributed by atoms with Crippen molar-refractivity contribution in [3.05, 3.63) is 59.1 Å². The number of fused-ring (bicyclic) bond motifs is 7. The van der Waals surface area contributed by atoms with Crippen LogP contribution in [-0.2, 0) is 35.7 Å². The van der Waals surface area contributed by atoms with Crippen molar-refractivity contribution in [1.29, 1.82) is 0 Å². The average molecular weight is 586 g/mol. The van der Waals surface area contributed by atoms with Gasteiger partial charge in [0.15, 0.2) is 5.78 Å². The van der Waals surface area contributed by atoms with Crippen molar-refractivity contribution in [1.82, 2.24) is 4.98 Å². The van der Waals surface area contributed by atoms with Gasteiger partial charge in [0.1, 0.15) is 5.69 Å². The molecular weight excluding hydrogens is 561 g/mol. The van der Waals surface area contributed by atoms with Gasteiger partial charge in [0.25, 0.3) is 0 Å². The predicted octanol–water partition coefficient (Wildman–Crippen LogP) is 6.72. The van der Waals surface area contributed by atoms with Gasteiger partial charge in [0.2, 0.25) is 0 Å². The van der Waals surface area contributed by atoms with Crippen LogP contribution in [0.2, 0.25) is 0 Å². The smallest absolute Gasteiger partial charge is 0.153 e. The molecule has 0 aliphatic heterocycles. The van der Waals surface area contributed by atoms with Crippen LogP contribution in [0.4, 0.5) is 5.69 Å². The minimum absolute atomic E-state index is 0. The minimum Gasteiger partial charge on any atom is -0.304 e. The van der Waals surface area contributed by atoms with Gasteiger partial charge in [-0.15, -0.1) is 29.0 Å². The number of carbonyl (C=O) groups excluding carboxylic acids is 1. The van der Waals surface area contributed by atoms with E-state index in [0.29, 0.717) is 11.5 Å². The number of nitrogens with zero attached hydrogens (tertiary/aromatic N) is 2. The van der Waals surface area contributed by atoms with E-state index in [1.807, 2.05) is 18.3 Å². The Bertz CT molecular complexity index is 1240. The number of benzene rings is 2. The van der Waals surface area contributed by atoms with Gasteiger partial charge < -0.3 is 4.98 Å². The van der Waals surface area contributed by atoms with Crippen LogP contribution in [0, 0.1) is 12.6 Å². The zero-order valence-electron chi connectivity index (χ0n) is 17.6. The zero-order chi connectivity index (χ0) is 20.3. The van der Waals surface area contributed by atoms with Gasteiger partial charge in [0.05, 0.1) is 17.4 Å². The molecule has 0 bridgehead atoms. The fourth-order valence-electron chi connectivity index (χ4n) is 6.87. The van der Waals surface area contributed by atoms with Crippen LogP contribution < -0.4 is 0 Å². The minimum atomic E-state index is -0.336. The van der Waals surface area contributed by atoms with Crippen LogP contribution in [0.25, 0.3) is 26.5 Å². The summed E-state index contributed by atoms with van der Waals surface area (Å²) in [4.78, 5) is 22.9. The Hall–Kier alpha value is -2.08. The molecule has 2 fully saturated rings. The van der Waals surface area contributed by atoms with E-state index in [9.17, 15) is 4.79 Å². The SMILES string of the molecule is [C-]#[N+]c1cc[c-]c2c1ccc1c3c(cnc12)C1(CCCCC1)C(=O)C31CCCCC1.[Ir]. The summed E-state index contributed by atoms with van der Waals surface area (Å²) in [5, 5.41) is 2.93. The molecule has 2 aromatic carbocycles. The van der Waals surface area contributed by atoms with E-state index in [1.165, 1.54) is 24.0 Å². The van der Waals surface area contributed by atoms with Crippen LogP contribution in [-0.4, -0.2) is 10.8 Å². The molecular formula is C27H25IrN2O-. The Morgan fingerprint density at radius 3 is 2.23 bits per heavy atom. The summed E-state index contributed by atoms with van der Waals surface area (Å²) < 4.78 is 0. The van der Waals surface area contributed by atoms with Gasteiger partial charge >= 0.3 is 0 Å². The van der Waals surface area contributed by atoms with Crippen molar-refractivity contribution in [2.75, 3.05) is 0 Å². The molecule has 0 unspecified atom stereocenters. The number of aromatic nitrogens is 1. The number of hydrogen-bond acceptors (Lipinski definition) is 2. The second-order valence-corrected chi connectivity index (χ2v) is 9.52. The first kappa shape index (κ1) is 20.8. The van der Waals surface area contributed by atoms with Crippen molar-refractivity contribution in [2.24, 2.45) is 0 Å². The van der Waals surface area contributed by atoms with E-state index < -0.39 is 0 Å². The molecule has 2 saturated carbocycles. The molecule has 3 aliphatic rings. The van der Waals surface area contributed by atoms with Gasteiger partial charge in [-0.2, -0.15) is 6.07 Å². The summed E-state index contributed by atoms with van der Waals surface area (Å²) >= 11 is 0. The largest absolute Gasteiger partial charge is 0.304 e. The quantitative estimate of drug-likeness (QED) is 0.217. The normalized spacial score (nSPS) is 21.2. The molecule has 3 nitrogen and oxygen atoms in total. The number of carbonyl (C=O) groups is 1. The molecule has 1 aromatic heterocycles. The topological polar surface area (TPSA) is 34.3 Å². The molecule has 0 amide bonds. The van der Waals surface area contributed by atoms with Gasteiger partial charge in [-0.3, -0.25) is 9.64 Å². The standard InChI is InChI=1S/C27H25N2O.Ir/c1-28-22-10-8-9-19-18(22)11-12-20-23-21(17-29-24(19)20)26(13-4-2-5-14-26)25(30)27(23)15-6-3-7-16-27;/h8,10-12,17H,2-7,13-16H2;/q-1;. The molecule has 159 valence electrons. The number of rotatable bonds is 0. The van der Waals surface area contributed by atoms with Crippen molar-refractivity contribution >= 4 is 33.1 Å². The molecule has 1 radical (unpaired) electrons. The van der Waals surface area contributed by atoms with Crippen LogP contribution in [0.15, 0.2) is 30.5 Å². The molecule has 0 atom stereocenters. The molecule has 31 heavy (non-hydrogen) atoms. The van der Waals surface area contributed by atoms with Gasteiger partial charge in [-0.1, -0.05) is 44.6 Å². The second kappa shape index (κ2) is 7.51. The Labute approximate surface area is 196 Å². The average Bonchev–Trinajstić information content (AvgIpc) is 2.99. The summed E-state index contributed by atoms with van der Waals surface area (Å²) in [7, 11) is 0. The molecule has 3 aliphatic carbocycles. The molecule has 1 heterocycles. The Kier molecular flexibility index (Phi) is 5.04. The van der Waals surface area contributed by atoms with Crippen molar-refractivity contribution in [3.63, 3.8) is 0 Å². The second-order valence-electron chi connectivity index (χ2n) is 9.52. The molecule has 6 rings (SSSR count). The maximum Gasteiger partial charge on any atom is 0.153 e. The number of Topliss-reactive ketones (excluding diaryl/α,β-unsaturated/α-hetero) is 1. The third-order valence-corrected chi connectivity index (χ3v) is 8.18. The van der Waals surface area contributed by atoms with Gasteiger partial charge in [0, 0.05) is 26.3 Å². The first-order valence-corrected chi connectivity index (χ1v) is 11.4. The third-order valence-electron chi connectivity index (χ3n) is 8.18. The van der Waals surface area contributed by atoms with E-state index in [1.54, 1.807) is 0 Å². The number of ketones is 1. The van der Waals surface area contributed by atoms with Gasteiger partial charge in [-0.05, 0) is 47.7 Å². The Balaban J connectivity index is 0.00000204. The summed E-state index contributed by atoms with van der Waals surface area (Å²) in [6.07, 6.45) is 12.9. The van der Waals surface area contributed by atoms with Gasteiger partial charge in [-0.25, -0.2) is 0 Å². The summed E-state index contributed by atoms with van der Waals surface area (Å²) in [5.41, 5.74) is 3.40. The summed E-state index contributed by atoms with van der Waals surface area (Å²) in [5.74, 6) is 0.498. The van der Waals surface area contributed by atoms with Crippen molar-refractivity contribution in [3.8, 4) is 0 Å². The first-order chi connectivity index (χ1) is 14.7. The molecule has 2 spiro atoms. The summed E-state index contributed by atoms with van der Waals surface area (Å²) in [6, 6.07) is 11.2. The molecule has 4 heteroatoms. The fourth-order valence-corrected chi connectivity index (χ4v) is 6.87. The van der Waals surface area contributed by atoms with Crippen LogP contribution in [0.1, 0.15) is 75.3 Å². The maximum atomic E-state index is 14.2. The van der Waals surface area contributed by atoms with E-state index in [-0.39, 0.29) is 30.9 Å². The van der Waals surface area contributed by atoms with Crippen LogP contribution >= 0.6 is 0 Å². The van der Waals surface area contributed by atoms with E-state index in [0.717, 1.165) is 73.0 Å². The Morgan fingerprint density at radius 1 is 0.903 bits per heavy atom. The van der Waals surface area contributed by atoms with Crippen molar-refractivity contribution < 1.29 is 24.9 Å². The monoisotopic (exact) mass is 586 g/mol. The maximum absolute atomic E-state index is 14.2. The predicted molar refractivity (Wildman–Crippen MR) is 119 cm³/mol. The van der Waals surface area contributed by atoms with Crippen molar-refractivity contribution in [2.45, 2.75) is 75.0 Å². The van der Waals surface area contributed by atoms with Crippen LogP contribution in [0.5, 0.6) is 0 Å². The third kappa shape index (κ3) is 2.66. The number of hydrogen-bond donors (Lipinski definition) is 0. The fraction of sp³-hybridized carbons (Fsp3) is 0.444. The van der Waals surface area contributed by atoms with Crippen LogP contribution in [0.3, 0.4) is 0 Å². The zero-order valence-corrected chi connectivity index (χ0v) is 20.0.